The van der Waals surface area contributed by atoms with Crippen molar-refractivity contribution in [3.05, 3.63) is 105 Å². The van der Waals surface area contributed by atoms with Gasteiger partial charge in [0.1, 0.15) is 11.6 Å². The first-order valence-electron chi connectivity index (χ1n) is 9.44. The summed E-state index contributed by atoms with van der Waals surface area (Å²) in [5.41, 5.74) is 3.82. The highest BCUT2D eigenvalue weighted by molar-refractivity contribution is 14.1. The average Bonchev–Trinajstić information content (AvgIpc) is 3.10. The van der Waals surface area contributed by atoms with Gasteiger partial charge in [-0.2, -0.15) is 5.26 Å². The van der Waals surface area contributed by atoms with Crippen LogP contribution < -0.4 is 5.32 Å². The van der Waals surface area contributed by atoms with E-state index in [0.29, 0.717) is 12.2 Å². The van der Waals surface area contributed by atoms with E-state index < -0.39 is 5.91 Å². The lowest BCUT2D eigenvalue weighted by Gasteiger charge is -2.05. The van der Waals surface area contributed by atoms with Gasteiger partial charge in [-0.05, 0) is 58.5 Å². The Morgan fingerprint density at radius 3 is 2.57 bits per heavy atom. The van der Waals surface area contributed by atoms with Crippen LogP contribution in [0.15, 0.2) is 90.6 Å². The first kappa shape index (κ1) is 19.9. The predicted octanol–water partition coefficient (Wildman–Crippen LogP) is 5.84. The SMILES string of the molecule is N#C/C(=C\c1cn(Cc2ccccc2)c2ccccc12)C(=O)Nc1cccc(I)c1. The van der Waals surface area contributed by atoms with E-state index in [0.717, 1.165) is 20.0 Å². The minimum absolute atomic E-state index is 0.0662. The van der Waals surface area contributed by atoms with E-state index in [9.17, 15) is 10.1 Å². The number of benzene rings is 3. The Kier molecular flexibility index (Phi) is 5.96. The molecule has 0 aliphatic carbocycles. The Morgan fingerprint density at radius 1 is 1.03 bits per heavy atom. The van der Waals surface area contributed by atoms with Crippen LogP contribution in [-0.4, -0.2) is 10.5 Å². The number of anilines is 1. The summed E-state index contributed by atoms with van der Waals surface area (Å²) in [5, 5.41) is 13.4. The number of hydrogen-bond donors (Lipinski definition) is 1. The number of nitrogens with zero attached hydrogens (tertiary/aromatic N) is 2. The van der Waals surface area contributed by atoms with Gasteiger partial charge in [0.2, 0.25) is 0 Å². The topological polar surface area (TPSA) is 57.8 Å². The molecule has 0 fully saturated rings. The van der Waals surface area contributed by atoms with Crippen molar-refractivity contribution >= 4 is 51.2 Å². The summed E-state index contributed by atoms with van der Waals surface area (Å²) in [7, 11) is 0. The van der Waals surface area contributed by atoms with Crippen molar-refractivity contribution in [2.75, 3.05) is 5.32 Å². The standard InChI is InChI=1S/C25H18IN3O/c26-21-9-6-10-22(14-21)28-25(30)19(15-27)13-20-17-29(16-18-7-2-1-3-8-18)24-12-5-4-11-23(20)24/h1-14,17H,16H2,(H,28,30)/b19-13+. The summed E-state index contributed by atoms with van der Waals surface area (Å²) in [6.45, 7) is 0.714. The molecule has 0 saturated heterocycles. The molecular formula is C25H18IN3O. The molecule has 4 nitrogen and oxygen atoms in total. The number of nitrogens with one attached hydrogen (secondary N) is 1. The first-order chi connectivity index (χ1) is 14.6. The van der Waals surface area contributed by atoms with Crippen molar-refractivity contribution in [2.45, 2.75) is 6.54 Å². The van der Waals surface area contributed by atoms with Crippen LogP contribution in [0.2, 0.25) is 0 Å². The van der Waals surface area contributed by atoms with Crippen molar-refractivity contribution in [2.24, 2.45) is 0 Å². The number of halogens is 1. The normalized spacial score (nSPS) is 11.3. The molecule has 1 heterocycles. The molecule has 1 N–H and O–H groups in total. The number of hydrogen-bond acceptors (Lipinski definition) is 2. The van der Waals surface area contributed by atoms with Crippen LogP contribution in [0.1, 0.15) is 11.1 Å². The molecule has 5 heteroatoms. The number of rotatable bonds is 5. The van der Waals surface area contributed by atoms with E-state index in [4.69, 9.17) is 0 Å². The van der Waals surface area contributed by atoms with Crippen LogP contribution in [0, 0.1) is 14.9 Å². The van der Waals surface area contributed by atoms with E-state index in [-0.39, 0.29) is 5.57 Å². The summed E-state index contributed by atoms with van der Waals surface area (Å²) < 4.78 is 3.15. The van der Waals surface area contributed by atoms with E-state index >= 15 is 0 Å². The van der Waals surface area contributed by atoms with Gasteiger partial charge in [0.25, 0.3) is 5.91 Å². The number of carbonyl (C=O) groups excluding carboxylic acids is 1. The number of para-hydroxylation sites is 1. The lowest BCUT2D eigenvalue weighted by molar-refractivity contribution is -0.112. The average molecular weight is 503 g/mol. The fourth-order valence-corrected chi connectivity index (χ4v) is 3.91. The third-order valence-corrected chi connectivity index (χ3v) is 5.43. The number of carbonyl (C=O) groups is 1. The van der Waals surface area contributed by atoms with Crippen molar-refractivity contribution in [1.29, 1.82) is 5.26 Å². The summed E-state index contributed by atoms with van der Waals surface area (Å²) in [6, 6.07) is 27.7. The summed E-state index contributed by atoms with van der Waals surface area (Å²) in [4.78, 5) is 12.7. The molecule has 0 radical (unpaired) electrons. The Morgan fingerprint density at radius 2 is 1.80 bits per heavy atom. The zero-order valence-electron chi connectivity index (χ0n) is 16.0. The van der Waals surface area contributed by atoms with Gasteiger partial charge < -0.3 is 9.88 Å². The number of fused-ring (bicyclic) bond motifs is 1. The smallest absolute Gasteiger partial charge is 0.266 e. The van der Waals surface area contributed by atoms with Crippen LogP contribution in [-0.2, 0) is 11.3 Å². The fraction of sp³-hybridized carbons (Fsp3) is 0.0400. The maximum Gasteiger partial charge on any atom is 0.266 e. The van der Waals surface area contributed by atoms with Crippen LogP contribution in [0.4, 0.5) is 5.69 Å². The molecule has 1 aromatic heterocycles. The number of amides is 1. The van der Waals surface area contributed by atoms with Gasteiger partial charge in [0.15, 0.2) is 0 Å². The van der Waals surface area contributed by atoms with Crippen LogP contribution >= 0.6 is 22.6 Å². The minimum Gasteiger partial charge on any atom is -0.342 e. The van der Waals surface area contributed by atoms with E-state index in [1.165, 1.54) is 5.56 Å². The molecule has 0 saturated carbocycles. The highest BCUT2D eigenvalue weighted by Gasteiger charge is 2.13. The highest BCUT2D eigenvalue weighted by atomic mass is 127. The molecule has 0 bridgehead atoms. The van der Waals surface area contributed by atoms with Gasteiger partial charge in [0.05, 0.1) is 0 Å². The van der Waals surface area contributed by atoms with Gasteiger partial charge in [-0.3, -0.25) is 4.79 Å². The summed E-state index contributed by atoms with van der Waals surface area (Å²) in [6.07, 6.45) is 3.65. The van der Waals surface area contributed by atoms with Crippen LogP contribution in [0.25, 0.3) is 17.0 Å². The largest absolute Gasteiger partial charge is 0.342 e. The molecule has 0 atom stereocenters. The lowest BCUT2D eigenvalue weighted by atomic mass is 10.1. The number of nitriles is 1. The third-order valence-electron chi connectivity index (χ3n) is 4.76. The molecule has 4 aromatic rings. The van der Waals surface area contributed by atoms with E-state index in [1.54, 1.807) is 12.1 Å². The Hall–Kier alpha value is -3.37. The maximum absolute atomic E-state index is 12.7. The summed E-state index contributed by atoms with van der Waals surface area (Å²) >= 11 is 2.18. The minimum atomic E-state index is -0.417. The molecule has 3 aromatic carbocycles. The molecule has 0 aliphatic heterocycles. The third kappa shape index (κ3) is 4.44. The molecule has 1 amide bonds. The number of aromatic nitrogens is 1. The second-order valence-corrected chi connectivity index (χ2v) is 8.10. The first-order valence-corrected chi connectivity index (χ1v) is 10.5. The predicted molar refractivity (Wildman–Crippen MR) is 129 cm³/mol. The molecule has 146 valence electrons. The van der Waals surface area contributed by atoms with Gasteiger partial charge in [-0.15, -0.1) is 0 Å². The van der Waals surface area contributed by atoms with Gasteiger partial charge in [-0.1, -0.05) is 54.6 Å². The molecule has 30 heavy (non-hydrogen) atoms. The van der Waals surface area contributed by atoms with Crippen molar-refractivity contribution in [3.8, 4) is 6.07 Å². The Bertz CT molecular complexity index is 1280. The van der Waals surface area contributed by atoms with Crippen molar-refractivity contribution in [3.63, 3.8) is 0 Å². The molecule has 0 aliphatic rings. The second kappa shape index (κ2) is 8.97. The second-order valence-electron chi connectivity index (χ2n) is 6.85. The van der Waals surface area contributed by atoms with Gasteiger partial charge >= 0.3 is 0 Å². The fourth-order valence-electron chi connectivity index (χ4n) is 3.37. The monoisotopic (exact) mass is 503 g/mol. The highest BCUT2D eigenvalue weighted by Crippen LogP contribution is 2.25. The zero-order valence-corrected chi connectivity index (χ0v) is 18.2. The van der Waals surface area contributed by atoms with Gasteiger partial charge in [0, 0.05) is 38.5 Å². The lowest BCUT2D eigenvalue weighted by Crippen LogP contribution is -2.13. The Balaban J connectivity index is 1.68. The van der Waals surface area contributed by atoms with Crippen molar-refractivity contribution < 1.29 is 4.79 Å². The molecule has 0 spiro atoms. The zero-order chi connectivity index (χ0) is 20.9. The van der Waals surface area contributed by atoms with E-state index in [1.807, 2.05) is 72.9 Å². The molecular weight excluding hydrogens is 485 g/mol. The van der Waals surface area contributed by atoms with E-state index in [2.05, 4.69) is 44.6 Å². The van der Waals surface area contributed by atoms with Crippen LogP contribution in [0.3, 0.4) is 0 Å². The van der Waals surface area contributed by atoms with Gasteiger partial charge in [-0.25, -0.2) is 0 Å². The van der Waals surface area contributed by atoms with Crippen molar-refractivity contribution in [1.82, 2.24) is 4.57 Å². The maximum atomic E-state index is 12.7. The quantitative estimate of drug-likeness (QED) is 0.211. The Labute approximate surface area is 188 Å². The van der Waals surface area contributed by atoms with Crippen LogP contribution in [0.5, 0.6) is 0 Å². The molecule has 0 unspecified atom stereocenters. The molecule has 4 rings (SSSR count). The summed E-state index contributed by atoms with van der Waals surface area (Å²) in [5.74, 6) is -0.417.